The number of benzene rings is 11. The highest BCUT2D eigenvalue weighted by molar-refractivity contribution is 7.26. The Labute approximate surface area is 433 Å². The minimum atomic E-state index is 0.703. The molecule has 0 saturated carbocycles. The van der Waals surface area contributed by atoms with Crippen molar-refractivity contribution in [2.24, 2.45) is 0 Å². The fourth-order valence-electron chi connectivity index (χ4n) is 11.0. The molecule has 0 spiro atoms. The summed E-state index contributed by atoms with van der Waals surface area (Å²) in [5, 5.41) is 3.48. The second kappa shape index (κ2) is 18.3. The average molecular weight is 960 g/mol. The van der Waals surface area contributed by atoms with E-state index in [1.807, 2.05) is 6.07 Å². The van der Waals surface area contributed by atoms with E-state index in [2.05, 4.69) is 271 Å². The number of hydrogen-bond acceptors (Lipinski definition) is 3. The number of rotatable bonds is 9. The van der Waals surface area contributed by atoms with Gasteiger partial charge in [0.25, 0.3) is 0 Å². The first-order valence-corrected chi connectivity index (χ1v) is 26.0. The van der Waals surface area contributed by atoms with E-state index in [-0.39, 0.29) is 0 Å². The van der Waals surface area contributed by atoms with Gasteiger partial charge in [0.2, 0.25) is 0 Å². The summed E-state index contributed by atoms with van der Waals surface area (Å²) in [6, 6.07) is 98.9. The largest absolute Gasteiger partial charge is 0.307 e. The van der Waals surface area contributed by atoms with Gasteiger partial charge in [-0.1, -0.05) is 231 Å². The van der Waals surface area contributed by atoms with E-state index in [1.54, 1.807) is 11.3 Å². The van der Waals surface area contributed by atoms with Crippen LogP contribution < -0.4 is 0 Å². The lowest BCUT2D eigenvalue weighted by Gasteiger charge is -2.23. The predicted molar refractivity (Wildman–Crippen MR) is 313 cm³/mol. The highest BCUT2D eigenvalue weighted by Crippen LogP contribution is 2.51. The number of fused-ring (bicyclic) bond motifs is 6. The fourth-order valence-corrected chi connectivity index (χ4v) is 12.1. The Morgan fingerprint density at radius 1 is 0.284 bits per heavy atom. The Morgan fingerprint density at radius 2 is 0.649 bits per heavy atom. The summed E-state index contributed by atoms with van der Waals surface area (Å²) in [4.78, 5) is 10.9. The van der Waals surface area contributed by atoms with Gasteiger partial charge in [-0.15, -0.1) is 11.3 Å². The lowest BCUT2D eigenvalue weighted by Crippen LogP contribution is -2.04. The molecule has 0 N–H and O–H groups in total. The third kappa shape index (κ3) is 7.51. The Bertz CT molecular complexity index is 4160. The molecule has 0 fully saturated rings. The van der Waals surface area contributed by atoms with Gasteiger partial charge in [0.1, 0.15) is 0 Å². The SMILES string of the molecule is c1ccc(-c2cc(-c3ccccc3)c3c(c2)c2cc(-c4ccccc4)cc(-c4ccccc4)c2n3-c2c(-c3ccccc3)cc(-c3nc(-c4ccccc4)nc4c3sc3ccccc34)cc2-c2ccccc2)cc1. The molecule has 3 heterocycles. The van der Waals surface area contributed by atoms with E-state index in [1.165, 1.54) is 26.6 Å². The van der Waals surface area contributed by atoms with Crippen LogP contribution in [0, 0.1) is 0 Å². The summed E-state index contributed by atoms with van der Waals surface area (Å²) in [6.07, 6.45) is 0. The molecule has 0 atom stereocenters. The Kier molecular flexibility index (Phi) is 10.7. The molecule has 3 aromatic heterocycles. The van der Waals surface area contributed by atoms with Crippen molar-refractivity contribution in [2.45, 2.75) is 0 Å². The summed E-state index contributed by atoms with van der Waals surface area (Å²) in [5.41, 5.74) is 20.9. The standard InChI is InChI=1S/C70H45N3S/c1-8-24-46(25-9-1)53-40-57(48-28-12-3-13-29-48)67-61(42-53)62-43-54(47-26-10-2-11-27-47)41-58(49-30-14-4-15-31-49)68(62)73(67)66-59(50-32-16-5-17-33-50)44-55(45-60(66)51-34-18-6-19-35-51)64-69-65(56-38-22-23-39-63(56)74-69)72-70(71-64)52-36-20-7-21-37-52/h1-45H. The molecular formula is C70H45N3S. The molecule has 0 radical (unpaired) electrons. The van der Waals surface area contributed by atoms with Gasteiger partial charge in [0.05, 0.1) is 32.6 Å². The van der Waals surface area contributed by atoms with Crippen LogP contribution in [0.25, 0.3) is 137 Å². The molecule has 14 rings (SSSR count). The fraction of sp³-hybridized carbons (Fsp3) is 0. The van der Waals surface area contributed by atoms with Crippen LogP contribution in [-0.2, 0) is 0 Å². The van der Waals surface area contributed by atoms with E-state index in [9.17, 15) is 0 Å². The molecule has 0 unspecified atom stereocenters. The van der Waals surface area contributed by atoms with Crippen molar-refractivity contribution < 1.29 is 0 Å². The first kappa shape index (κ1) is 43.3. The van der Waals surface area contributed by atoms with E-state index in [0.717, 1.165) is 105 Å². The topological polar surface area (TPSA) is 30.7 Å². The minimum absolute atomic E-state index is 0.703. The van der Waals surface area contributed by atoms with Crippen molar-refractivity contribution in [3.63, 3.8) is 0 Å². The zero-order chi connectivity index (χ0) is 49.0. The van der Waals surface area contributed by atoms with Crippen molar-refractivity contribution in [2.75, 3.05) is 0 Å². The molecule has 4 heteroatoms. The second-order valence-corrected chi connectivity index (χ2v) is 19.9. The van der Waals surface area contributed by atoms with Gasteiger partial charge < -0.3 is 4.57 Å². The van der Waals surface area contributed by atoms with Crippen molar-refractivity contribution in [1.82, 2.24) is 14.5 Å². The van der Waals surface area contributed by atoms with Crippen molar-refractivity contribution in [3.05, 3.63) is 273 Å². The number of aromatic nitrogens is 3. The molecular weight excluding hydrogens is 915 g/mol. The lowest BCUT2D eigenvalue weighted by atomic mass is 9.91. The van der Waals surface area contributed by atoms with Crippen LogP contribution in [0.15, 0.2) is 273 Å². The van der Waals surface area contributed by atoms with E-state index in [0.29, 0.717) is 5.82 Å². The van der Waals surface area contributed by atoms with Gasteiger partial charge in [-0.2, -0.15) is 0 Å². The maximum atomic E-state index is 5.58. The summed E-state index contributed by atoms with van der Waals surface area (Å²) >= 11 is 1.76. The van der Waals surface area contributed by atoms with Gasteiger partial charge in [-0.3, -0.25) is 0 Å². The monoisotopic (exact) mass is 959 g/mol. The van der Waals surface area contributed by atoms with E-state index >= 15 is 0 Å². The van der Waals surface area contributed by atoms with Gasteiger partial charge >= 0.3 is 0 Å². The molecule has 0 bridgehead atoms. The van der Waals surface area contributed by atoms with Crippen LogP contribution in [0.2, 0.25) is 0 Å². The third-order valence-electron chi connectivity index (χ3n) is 14.4. The second-order valence-electron chi connectivity index (χ2n) is 18.8. The van der Waals surface area contributed by atoms with Crippen molar-refractivity contribution >= 4 is 53.4 Å². The minimum Gasteiger partial charge on any atom is -0.307 e. The highest BCUT2D eigenvalue weighted by atomic mass is 32.1. The van der Waals surface area contributed by atoms with Gasteiger partial charge in [0, 0.05) is 54.2 Å². The summed E-state index contributed by atoms with van der Waals surface area (Å²) in [7, 11) is 0. The molecule has 11 aromatic carbocycles. The van der Waals surface area contributed by atoms with Crippen LogP contribution in [0.1, 0.15) is 0 Å². The Hall–Kier alpha value is -9.48. The maximum Gasteiger partial charge on any atom is 0.160 e. The predicted octanol–water partition coefficient (Wildman–Crippen LogP) is 19.3. The molecule has 3 nitrogen and oxygen atoms in total. The molecule has 346 valence electrons. The van der Waals surface area contributed by atoms with Crippen LogP contribution in [0.4, 0.5) is 0 Å². The normalized spacial score (nSPS) is 11.5. The zero-order valence-electron chi connectivity index (χ0n) is 40.2. The number of nitrogens with zero attached hydrogens (tertiary/aromatic N) is 3. The van der Waals surface area contributed by atoms with Gasteiger partial charge in [-0.05, 0) is 87.0 Å². The highest BCUT2D eigenvalue weighted by Gasteiger charge is 2.28. The molecule has 0 amide bonds. The summed E-state index contributed by atoms with van der Waals surface area (Å²) < 4.78 is 4.87. The third-order valence-corrected chi connectivity index (χ3v) is 15.5. The van der Waals surface area contributed by atoms with Crippen LogP contribution in [0.3, 0.4) is 0 Å². The molecule has 0 aliphatic carbocycles. The molecule has 0 saturated heterocycles. The van der Waals surface area contributed by atoms with E-state index in [4.69, 9.17) is 9.97 Å². The lowest BCUT2D eigenvalue weighted by molar-refractivity contribution is 1.18. The first-order valence-electron chi connectivity index (χ1n) is 25.1. The zero-order valence-corrected chi connectivity index (χ0v) is 41.0. The number of thiophene rings is 1. The Balaban J connectivity index is 1.20. The van der Waals surface area contributed by atoms with Crippen LogP contribution >= 0.6 is 11.3 Å². The smallest absolute Gasteiger partial charge is 0.160 e. The van der Waals surface area contributed by atoms with Crippen molar-refractivity contribution in [3.8, 4) is 95.1 Å². The van der Waals surface area contributed by atoms with Crippen LogP contribution in [-0.4, -0.2) is 14.5 Å². The van der Waals surface area contributed by atoms with Gasteiger partial charge in [0.15, 0.2) is 5.82 Å². The molecule has 0 aliphatic heterocycles. The Morgan fingerprint density at radius 3 is 1.09 bits per heavy atom. The van der Waals surface area contributed by atoms with E-state index < -0.39 is 0 Å². The maximum absolute atomic E-state index is 5.58. The van der Waals surface area contributed by atoms with Gasteiger partial charge in [-0.25, -0.2) is 9.97 Å². The van der Waals surface area contributed by atoms with Crippen LogP contribution in [0.5, 0.6) is 0 Å². The first-order chi connectivity index (χ1) is 36.7. The molecule has 14 aromatic rings. The summed E-state index contributed by atoms with van der Waals surface area (Å²) in [5.74, 6) is 0.703. The number of hydrogen-bond donors (Lipinski definition) is 0. The quantitative estimate of drug-likeness (QED) is 0.144. The molecule has 0 aliphatic rings. The average Bonchev–Trinajstić information content (AvgIpc) is 4.10. The van der Waals surface area contributed by atoms with Crippen molar-refractivity contribution in [1.29, 1.82) is 0 Å². The molecule has 74 heavy (non-hydrogen) atoms. The summed E-state index contributed by atoms with van der Waals surface area (Å²) in [6.45, 7) is 0.